The third-order valence-electron chi connectivity index (χ3n) is 3.91. The molecular formula is C14H19N3O. The van der Waals surface area contributed by atoms with E-state index in [9.17, 15) is 4.79 Å². The summed E-state index contributed by atoms with van der Waals surface area (Å²) in [6, 6.07) is 2.03. The summed E-state index contributed by atoms with van der Waals surface area (Å²) in [5.41, 5.74) is 2.06. The van der Waals surface area contributed by atoms with Crippen LogP contribution in [0.1, 0.15) is 55.8 Å². The number of nitrogens with one attached hydrogen (secondary N) is 1. The van der Waals surface area contributed by atoms with Crippen molar-refractivity contribution in [2.45, 2.75) is 51.0 Å². The number of nitrogens with zero attached hydrogens (tertiary/aromatic N) is 2. The van der Waals surface area contributed by atoms with Gasteiger partial charge < -0.3 is 5.32 Å². The molecule has 2 aliphatic rings. The third kappa shape index (κ3) is 2.68. The Balaban J connectivity index is 1.55. The van der Waals surface area contributed by atoms with E-state index in [0.29, 0.717) is 12.5 Å². The molecule has 3 rings (SSSR count). The molecule has 2 fully saturated rings. The Morgan fingerprint density at radius 3 is 2.72 bits per heavy atom. The molecule has 0 bridgehead atoms. The van der Waals surface area contributed by atoms with E-state index in [1.54, 1.807) is 6.33 Å². The fourth-order valence-corrected chi connectivity index (χ4v) is 2.62. The van der Waals surface area contributed by atoms with Gasteiger partial charge in [0.25, 0.3) is 0 Å². The summed E-state index contributed by atoms with van der Waals surface area (Å²) >= 11 is 0. The highest BCUT2D eigenvalue weighted by Gasteiger charge is 2.25. The van der Waals surface area contributed by atoms with Crippen LogP contribution in [0.5, 0.6) is 0 Å². The van der Waals surface area contributed by atoms with Gasteiger partial charge in [0.2, 0.25) is 5.91 Å². The Kier molecular flexibility index (Phi) is 3.26. The molecule has 4 heteroatoms. The van der Waals surface area contributed by atoms with E-state index in [4.69, 9.17) is 0 Å². The summed E-state index contributed by atoms with van der Waals surface area (Å²) in [6.07, 6.45) is 8.57. The predicted molar refractivity (Wildman–Crippen MR) is 67.8 cm³/mol. The number of rotatable bonds is 4. The summed E-state index contributed by atoms with van der Waals surface area (Å²) in [7, 11) is 0. The number of carbonyl (C=O) groups excluding carboxylic acids is 1. The monoisotopic (exact) mass is 245 g/mol. The topological polar surface area (TPSA) is 54.9 Å². The number of aromatic nitrogens is 2. The van der Waals surface area contributed by atoms with Crippen molar-refractivity contribution in [3.05, 3.63) is 23.8 Å². The van der Waals surface area contributed by atoms with Crippen molar-refractivity contribution in [2.75, 3.05) is 0 Å². The van der Waals surface area contributed by atoms with Gasteiger partial charge in [-0.2, -0.15) is 0 Å². The van der Waals surface area contributed by atoms with Crippen LogP contribution in [-0.4, -0.2) is 15.9 Å². The summed E-state index contributed by atoms with van der Waals surface area (Å²) in [5, 5.41) is 3.00. The number of amides is 1. The lowest BCUT2D eigenvalue weighted by Gasteiger charge is -2.10. The lowest BCUT2D eigenvalue weighted by molar-refractivity contribution is -0.124. The van der Waals surface area contributed by atoms with Crippen molar-refractivity contribution in [3.63, 3.8) is 0 Å². The van der Waals surface area contributed by atoms with Gasteiger partial charge in [-0.15, -0.1) is 0 Å². The molecule has 2 saturated carbocycles. The van der Waals surface area contributed by atoms with E-state index in [2.05, 4.69) is 15.3 Å². The molecule has 18 heavy (non-hydrogen) atoms. The van der Waals surface area contributed by atoms with Crippen LogP contribution in [0.15, 0.2) is 12.4 Å². The second kappa shape index (κ2) is 5.04. The van der Waals surface area contributed by atoms with Crippen LogP contribution < -0.4 is 5.32 Å². The fraction of sp³-hybridized carbons (Fsp3) is 0.643. The molecule has 0 unspecified atom stereocenters. The second-order valence-electron chi connectivity index (χ2n) is 5.41. The quantitative estimate of drug-likeness (QED) is 0.884. The highest BCUT2D eigenvalue weighted by Crippen LogP contribution is 2.38. The average molecular weight is 245 g/mol. The molecule has 0 aromatic carbocycles. The van der Waals surface area contributed by atoms with Crippen molar-refractivity contribution in [1.82, 2.24) is 15.3 Å². The van der Waals surface area contributed by atoms with Crippen molar-refractivity contribution >= 4 is 5.91 Å². The maximum absolute atomic E-state index is 11.9. The molecule has 0 saturated heterocycles. The first-order valence-corrected chi connectivity index (χ1v) is 6.91. The van der Waals surface area contributed by atoms with Crippen LogP contribution in [0.25, 0.3) is 0 Å². The molecule has 0 radical (unpaired) electrons. The number of hydrogen-bond donors (Lipinski definition) is 1. The van der Waals surface area contributed by atoms with E-state index in [1.807, 2.05) is 6.07 Å². The van der Waals surface area contributed by atoms with Crippen molar-refractivity contribution < 1.29 is 4.79 Å². The van der Waals surface area contributed by atoms with Crippen LogP contribution in [-0.2, 0) is 11.3 Å². The smallest absolute Gasteiger partial charge is 0.223 e. The molecule has 96 valence electrons. The van der Waals surface area contributed by atoms with Gasteiger partial charge in [-0.25, -0.2) is 9.97 Å². The highest BCUT2D eigenvalue weighted by atomic mass is 16.1. The van der Waals surface area contributed by atoms with Crippen LogP contribution in [0.3, 0.4) is 0 Å². The first-order valence-electron chi connectivity index (χ1n) is 6.91. The zero-order valence-corrected chi connectivity index (χ0v) is 10.6. The van der Waals surface area contributed by atoms with Gasteiger partial charge in [-0.05, 0) is 31.7 Å². The Morgan fingerprint density at radius 1 is 1.22 bits per heavy atom. The Labute approximate surface area is 107 Å². The zero-order valence-electron chi connectivity index (χ0n) is 10.6. The first kappa shape index (κ1) is 11.6. The van der Waals surface area contributed by atoms with Gasteiger partial charge in [0.1, 0.15) is 6.33 Å². The molecule has 1 amide bonds. The van der Waals surface area contributed by atoms with E-state index < -0.39 is 0 Å². The predicted octanol–water partition coefficient (Wildman–Crippen LogP) is 2.16. The maximum Gasteiger partial charge on any atom is 0.223 e. The molecule has 0 aliphatic heterocycles. The van der Waals surface area contributed by atoms with Crippen LogP contribution in [0.2, 0.25) is 0 Å². The Bertz CT molecular complexity index is 436. The molecular weight excluding hydrogens is 226 g/mol. The van der Waals surface area contributed by atoms with Crippen LogP contribution in [0, 0.1) is 5.92 Å². The normalized spacial score (nSPS) is 20.0. The standard InChI is InChI=1S/C14H19N3O/c18-14(11-3-1-2-4-11)15-8-12-7-13(10-5-6-10)17-9-16-12/h7,9-11H,1-6,8H2,(H,15,18). The number of hydrogen-bond acceptors (Lipinski definition) is 3. The van der Waals surface area contributed by atoms with Gasteiger partial charge in [-0.3, -0.25) is 4.79 Å². The van der Waals surface area contributed by atoms with Crippen molar-refractivity contribution in [2.24, 2.45) is 5.92 Å². The highest BCUT2D eigenvalue weighted by molar-refractivity contribution is 5.78. The first-order chi connectivity index (χ1) is 8.83. The molecule has 0 spiro atoms. The summed E-state index contributed by atoms with van der Waals surface area (Å²) in [6.45, 7) is 0.539. The largest absolute Gasteiger partial charge is 0.350 e. The third-order valence-corrected chi connectivity index (χ3v) is 3.91. The van der Waals surface area contributed by atoms with E-state index in [0.717, 1.165) is 24.2 Å². The van der Waals surface area contributed by atoms with E-state index in [-0.39, 0.29) is 11.8 Å². The fourth-order valence-electron chi connectivity index (χ4n) is 2.62. The lowest BCUT2D eigenvalue weighted by atomic mass is 10.1. The minimum absolute atomic E-state index is 0.194. The van der Waals surface area contributed by atoms with Crippen molar-refractivity contribution in [1.29, 1.82) is 0 Å². The minimum Gasteiger partial charge on any atom is -0.350 e. The molecule has 1 heterocycles. The second-order valence-corrected chi connectivity index (χ2v) is 5.41. The molecule has 4 nitrogen and oxygen atoms in total. The molecule has 0 atom stereocenters. The summed E-state index contributed by atoms with van der Waals surface area (Å²) < 4.78 is 0. The average Bonchev–Trinajstić information content (AvgIpc) is 3.11. The van der Waals surface area contributed by atoms with Gasteiger partial charge in [0, 0.05) is 17.5 Å². The van der Waals surface area contributed by atoms with E-state index >= 15 is 0 Å². The molecule has 1 aromatic heterocycles. The minimum atomic E-state index is 0.194. The maximum atomic E-state index is 11.9. The molecule has 2 aliphatic carbocycles. The van der Waals surface area contributed by atoms with Crippen LogP contribution in [0.4, 0.5) is 0 Å². The molecule has 1 N–H and O–H groups in total. The van der Waals surface area contributed by atoms with Gasteiger partial charge in [0.15, 0.2) is 0 Å². The van der Waals surface area contributed by atoms with Gasteiger partial charge >= 0.3 is 0 Å². The summed E-state index contributed by atoms with van der Waals surface area (Å²) in [4.78, 5) is 20.4. The Morgan fingerprint density at radius 2 is 2.00 bits per heavy atom. The van der Waals surface area contributed by atoms with Gasteiger partial charge in [0.05, 0.1) is 12.2 Å². The Hall–Kier alpha value is -1.45. The number of carbonyl (C=O) groups is 1. The lowest BCUT2D eigenvalue weighted by Crippen LogP contribution is -2.29. The SMILES string of the molecule is O=C(NCc1cc(C2CC2)ncn1)C1CCCC1. The van der Waals surface area contributed by atoms with Gasteiger partial charge in [-0.1, -0.05) is 12.8 Å². The summed E-state index contributed by atoms with van der Waals surface area (Å²) in [5.74, 6) is 1.06. The van der Waals surface area contributed by atoms with Crippen molar-refractivity contribution in [3.8, 4) is 0 Å². The molecule has 1 aromatic rings. The zero-order chi connectivity index (χ0) is 12.4. The van der Waals surface area contributed by atoms with Crippen LogP contribution >= 0.6 is 0 Å². The van der Waals surface area contributed by atoms with E-state index in [1.165, 1.54) is 25.7 Å².